The molecule has 0 bridgehead atoms. The van der Waals surface area contributed by atoms with E-state index in [1.165, 1.54) is 0 Å². The number of hydrogen-bond acceptors (Lipinski definition) is 4. The molecule has 0 amide bonds. The summed E-state index contributed by atoms with van der Waals surface area (Å²) in [5.41, 5.74) is 0. The fourth-order valence-electron chi connectivity index (χ4n) is 1.80. The van der Waals surface area contributed by atoms with E-state index in [1.54, 1.807) is 6.92 Å². The van der Waals surface area contributed by atoms with E-state index >= 15 is 0 Å². The van der Waals surface area contributed by atoms with E-state index in [4.69, 9.17) is 21.1 Å². The molecule has 0 aliphatic heterocycles. The van der Waals surface area contributed by atoms with Gasteiger partial charge < -0.3 is 9.47 Å². The van der Waals surface area contributed by atoms with E-state index < -0.39 is 0 Å². The predicted molar refractivity (Wildman–Crippen MR) is 75.2 cm³/mol. The average Bonchev–Trinajstić information content (AvgIpc) is 2.40. The van der Waals surface area contributed by atoms with Crippen LogP contribution in [0.2, 0.25) is 0 Å². The lowest BCUT2D eigenvalue weighted by atomic mass is 9.96. The van der Waals surface area contributed by atoms with Gasteiger partial charge in [0.2, 0.25) is 0 Å². The second kappa shape index (κ2) is 12.3. The second-order valence-electron chi connectivity index (χ2n) is 4.39. The largest absolute Gasteiger partial charge is 0.466 e. The maximum absolute atomic E-state index is 11.8. The number of carbonyl (C=O) groups is 2. The van der Waals surface area contributed by atoms with E-state index in [-0.39, 0.29) is 30.9 Å². The Morgan fingerprint density at radius 1 is 1.11 bits per heavy atom. The monoisotopic (exact) mass is 292 g/mol. The van der Waals surface area contributed by atoms with Crippen molar-refractivity contribution in [3.05, 3.63) is 0 Å². The summed E-state index contributed by atoms with van der Waals surface area (Å²) in [5, 5.41) is 0. The van der Waals surface area contributed by atoms with Crippen molar-refractivity contribution in [1.82, 2.24) is 0 Å². The molecule has 5 heteroatoms. The highest BCUT2D eigenvalue weighted by molar-refractivity contribution is 6.18. The average molecular weight is 293 g/mol. The first-order chi connectivity index (χ1) is 9.15. The number of carbonyl (C=O) groups excluding carboxylic acids is 2. The van der Waals surface area contributed by atoms with Gasteiger partial charge in [-0.1, -0.05) is 26.2 Å². The van der Waals surface area contributed by atoms with Crippen molar-refractivity contribution in [3.63, 3.8) is 0 Å². The minimum atomic E-state index is -0.256. The normalized spacial score (nSPS) is 11.9. The van der Waals surface area contributed by atoms with Crippen LogP contribution in [-0.2, 0) is 19.1 Å². The molecule has 1 atom stereocenters. The fraction of sp³-hybridized carbons (Fsp3) is 0.857. The Bertz CT molecular complexity index is 256. The van der Waals surface area contributed by atoms with Gasteiger partial charge in [-0.05, 0) is 19.8 Å². The summed E-state index contributed by atoms with van der Waals surface area (Å²) in [7, 11) is 0. The number of rotatable bonds is 11. The minimum Gasteiger partial charge on any atom is -0.466 e. The van der Waals surface area contributed by atoms with Crippen LogP contribution in [0.3, 0.4) is 0 Å². The lowest BCUT2D eigenvalue weighted by Crippen LogP contribution is -2.20. The smallest absolute Gasteiger partial charge is 0.308 e. The van der Waals surface area contributed by atoms with Gasteiger partial charge in [-0.2, -0.15) is 0 Å². The van der Waals surface area contributed by atoms with Crippen molar-refractivity contribution < 1.29 is 19.1 Å². The molecule has 0 aromatic rings. The van der Waals surface area contributed by atoms with Crippen molar-refractivity contribution in [3.8, 4) is 0 Å². The molecule has 4 nitrogen and oxygen atoms in total. The van der Waals surface area contributed by atoms with Crippen molar-refractivity contribution in [2.24, 2.45) is 5.92 Å². The molecule has 19 heavy (non-hydrogen) atoms. The standard InChI is InChI=1S/C14H25ClO4/c1-3-5-6-7-12(14(17)19-11-10-15)8-9-13(16)18-4-2/h12H,3-11H2,1-2H3. The Hall–Kier alpha value is -0.770. The molecule has 1 unspecified atom stereocenters. The Balaban J connectivity index is 4.15. The van der Waals surface area contributed by atoms with Gasteiger partial charge in [0, 0.05) is 6.42 Å². The highest BCUT2D eigenvalue weighted by atomic mass is 35.5. The van der Waals surface area contributed by atoms with Gasteiger partial charge in [-0.15, -0.1) is 11.6 Å². The molecule has 0 radical (unpaired) electrons. The van der Waals surface area contributed by atoms with Crippen LogP contribution in [0.5, 0.6) is 0 Å². The first kappa shape index (κ1) is 18.2. The Labute approximate surface area is 120 Å². The van der Waals surface area contributed by atoms with Gasteiger partial charge in [-0.25, -0.2) is 0 Å². The van der Waals surface area contributed by atoms with Crippen molar-refractivity contribution in [2.75, 3.05) is 19.1 Å². The van der Waals surface area contributed by atoms with Gasteiger partial charge in [0.25, 0.3) is 0 Å². The van der Waals surface area contributed by atoms with Crippen LogP contribution in [0, 0.1) is 5.92 Å². The SMILES string of the molecule is CCCCCC(CCC(=O)OCC)C(=O)OCCCl. The predicted octanol–water partition coefficient (Wildman–Crippen LogP) is 3.31. The minimum absolute atomic E-state index is 0.223. The van der Waals surface area contributed by atoms with E-state index in [0.29, 0.717) is 18.9 Å². The molecule has 0 aromatic carbocycles. The molecule has 112 valence electrons. The van der Waals surface area contributed by atoms with Crippen molar-refractivity contribution in [1.29, 1.82) is 0 Å². The van der Waals surface area contributed by atoms with E-state index in [1.807, 2.05) is 0 Å². The summed E-state index contributed by atoms with van der Waals surface area (Å²) in [6.07, 6.45) is 4.67. The Morgan fingerprint density at radius 2 is 1.84 bits per heavy atom. The quantitative estimate of drug-likeness (QED) is 0.333. The number of alkyl halides is 1. The molecular weight excluding hydrogens is 268 g/mol. The van der Waals surface area contributed by atoms with Gasteiger partial charge in [0.1, 0.15) is 6.61 Å². The number of esters is 2. The molecule has 0 saturated carbocycles. The third kappa shape index (κ3) is 9.77. The van der Waals surface area contributed by atoms with Gasteiger partial charge in [-0.3, -0.25) is 9.59 Å². The van der Waals surface area contributed by atoms with Crippen LogP contribution in [0.4, 0.5) is 0 Å². The zero-order chi connectivity index (χ0) is 14.5. The summed E-state index contributed by atoms with van der Waals surface area (Å²) >= 11 is 5.49. The van der Waals surface area contributed by atoms with Crippen LogP contribution in [0.25, 0.3) is 0 Å². The summed E-state index contributed by atoms with van der Waals surface area (Å²) < 4.78 is 9.92. The Kier molecular flexibility index (Phi) is 11.8. The maximum atomic E-state index is 11.8. The lowest BCUT2D eigenvalue weighted by molar-refractivity contribution is -0.149. The number of ether oxygens (including phenoxy) is 2. The van der Waals surface area contributed by atoms with Crippen LogP contribution in [0.1, 0.15) is 52.4 Å². The van der Waals surface area contributed by atoms with Gasteiger partial charge in [0.05, 0.1) is 18.4 Å². The molecule has 0 aliphatic carbocycles. The van der Waals surface area contributed by atoms with Crippen LogP contribution < -0.4 is 0 Å². The summed E-state index contributed by atoms with van der Waals surface area (Å²) in [6.45, 7) is 4.48. The zero-order valence-electron chi connectivity index (χ0n) is 12.0. The van der Waals surface area contributed by atoms with E-state index in [9.17, 15) is 9.59 Å². The molecule has 0 heterocycles. The molecular formula is C14H25ClO4. The maximum Gasteiger partial charge on any atom is 0.308 e. The highest BCUT2D eigenvalue weighted by Gasteiger charge is 2.21. The second-order valence-corrected chi connectivity index (χ2v) is 4.77. The first-order valence-corrected chi connectivity index (χ1v) is 7.57. The third-order valence-corrected chi connectivity index (χ3v) is 2.97. The Morgan fingerprint density at radius 3 is 2.42 bits per heavy atom. The fourth-order valence-corrected chi connectivity index (χ4v) is 1.88. The number of halogens is 1. The van der Waals surface area contributed by atoms with Crippen molar-refractivity contribution in [2.45, 2.75) is 52.4 Å². The summed E-state index contributed by atoms with van der Waals surface area (Å²) in [6, 6.07) is 0. The zero-order valence-corrected chi connectivity index (χ0v) is 12.7. The molecule has 0 aromatic heterocycles. The first-order valence-electron chi connectivity index (χ1n) is 7.03. The third-order valence-electron chi connectivity index (χ3n) is 2.81. The van der Waals surface area contributed by atoms with E-state index in [0.717, 1.165) is 25.7 Å². The number of hydrogen-bond donors (Lipinski definition) is 0. The van der Waals surface area contributed by atoms with Gasteiger partial charge in [0.15, 0.2) is 0 Å². The summed E-state index contributed by atoms with van der Waals surface area (Å²) in [4.78, 5) is 23.2. The molecule has 0 fully saturated rings. The molecule has 0 spiro atoms. The van der Waals surface area contributed by atoms with Crippen LogP contribution in [-0.4, -0.2) is 31.0 Å². The van der Waals surface area contributed by atoms with Crippen molar-refractivity contribution >= 4 is 23.5 Å². The van der Waals surface area contributed by atoms with Gasteiger partial charge >= 0.3 is 11.9 Å². The van der Waals surface area contributed by atoms with Crippen LogP contribution in [0.15, 0.2) is 0 Å². The molecule has 0 rings (SSSR count). The molecule has 0 aliphatic rings. The molecule has 0 saturated heterocycles. The summed E-state index contributed by atoms with van der Waals surface area (Å²) in [5.74, 6) is -0.431. The highest BCUT2D eigenvalue weighted by Crippen LogP contribution is 2.18. The molecule has 0 N–H and O–H groups in total. The topological polar surface area (TPSA) is 52.6 Å². The number of unbranched alkanes of at least 4 members (excludes halogenated alkanes) is 2. The lowest BCUT2D eigenvalue weighted by Gasteiger charge is -2.15. The van der Waals surface area contributed by atoms with Crippen LogP contribution >= 0.6 is 11.6 Å². The van der Waals surface area contributed by atoms with E-state index in [2.05, 4.69) is 6.92 Å².